The number of benzene rings is 2. The summed E-state index contributed by atoms with van der Waals surface area (Å²) in [4.78, 5) is 37.8. The molecule has 0 bridgehead atoms. The summed E-state index contributed by atoms with van der Waals surface area (Å²) in [6.45, 7) is 4.35. The number of nitrogens with one attached hydrogen (secondary N) is 3. The van der Waals surface area contributed by atoms with Gasteiger partial charge in [-0.05, 0) is 56.5 Å². The number of nitrogens with zero attached hydrogens (tertiary/aromatic N) is 1. The zero-order valence-electron chi connectivity index (χ0n) is 26.1. The molecule has 3 rings (SSSR count). The molecule has 1 amide bonds. The molecule has 2 aromatic rings. The number of esters is 2. The van der Waals surface area contributed by atoms with Crippen molar-refractivity contribution in [3.63, 3.8) is 0 Å². The van der Waals surface area contributed by atoms with Crippen LogP contribution in [0.1, 0.15) is 43.7 Å². The minimum Gasteiger partial charge on any atom is -0.489 e. The maximum atomic E-state index is 14.1. The summed E-state index contributed by atoms with van der Waals surface area (Å²) >= 11 is 0. The third-order valence-electron chi connectivity index (χ3n) is 6.96. The fourth-order valence-corrected chi connectivity index (χ4v) is 4.78. The van der Waals surface area contributed by atoms with Gasteiger partial charge in [0.2, 0.25) is 0 Å². The molecule has 1 aliphatic heterocycles. The number of hydrogen-bond acceptors (Lipinski definition) is 11. The minimum absolute atomic E-state index is 0.00338. The highest BCUT2D eigenvalue weighted by molar-refractivity contribution is 5.99. The van der Waals surface area contributed by atoms with Crippen molar-refractivity contribution < 1.29 is 42.8 Å². The monoisotopic (exact) mass is 638 g/mol. The van der Waals surface area contributed by atoms with E-state index in [2.05, 4.69) is 16.0 Å². The maximum Gasteiger partial charge on any atom is 0.407 e. The molecule has 12 nitrogen and oxygen atoms in total. The maximum absolute atomic E-state index is 14.1. The van der Waals surface area contributed by atoms with E-state index in [4.69, 9.17) is 24.2 Å². The number of rotatable bonds is 16. The Morgan fingerprint density at radius 1 is 1.00 bits per heavy atom. The molecular weight excluding hydrogens is 599 g/mol. The standard InChI is InChI=1S/C33H39FN4O8/c1-21-28(31(40)43-3)30(23-10-8-11-25(34)17-23)29(22(2)38-21)32(41)44-15-6-7-16-45-33(42)37-14-13-36-19-26(39)20-46-27-12-5-4-9-24(27)18-35/h4-5,8-12,17,26,30,36,38-39H,6-7,13-16,19-20H2,1-3H3,(H,37,42). The first-order valence-corrected chi connectivity index (χ1v) is 14.8. The SMILES string of the molecule is COC(=O)C1=C(C)NC(C)=C(C(=O)OCCCCOC(=O)NCCNCC(O)COc2ccccc2C#N)C1c1cccc(F)c1. The second-order valence-corrected chi connectivity index (χ2v) is 10.4. The summed E-state index contributed by atoms with van der Waals surface area (Å²) < 4.78 is 35.2. The van der Waals surface area contributed by atoms with Gasteiger partial charge in [-0.25, -0.2) is 18.8 Å². The number of carbonyl (C=O) groups excluding carboxylic acids is 3. The molecule has 2 unspecified atom stereocenters. The fraction of sp³-hybridized carbons (Fsp3) is 0.394. The molecule has 1 aliphatic rings. The van der Waals surface area contributed by atoms with Crippen molar-refractivity contribution >= 4 is 18.0 Å². The van der Waals surface area contributed by atoms with Crippen LogP contribution in [0.2, 0.25) is 0 Å². The summed E-state index contributed by atoms with van der Waals surface area (Å²) in [6.07, 6.45) is -0.594. The molecule has 13 heteroatoms. The summed E-state index contributed by atoms with van der Waals surface area (Å²) in [7, 11) is 1.23. The largest absolute Gasteiger partial charge is 0.489 e. The molecule has 4 N–H and O–H groups in total. The number of dihydropyridines is 1. The number of allylic oxidation sites excluding steroid dienone is 2. The third kappa shape index (κ3) is 10.3. The Morgan fingerprint density at radius 3 is 2.39 bits per heavy atom. The number of hydrogen-bond donors (Lipinski definition) is 4. The zero-order valence-corrected chi connectivity index (χ0v) is 26.1. The molecule has 0 spiro atoms. The number of amides is 1. The van der Waals surface area contributed by atoms with Gasteiger partial charge in [0.1, 0.15) is 30.3 Å². The van der Waals surface area contributed by atoms with Crippen LogP contribution < -0.4 is 20.7 Å². The van der Waals surface area contributed by atoms with Crippen molar-refractivity contribution in [2.75, 3.05) is 46.6 Å². The lowest BCUT2D eigenvalue weighted by atomic mass is 9.80. The minimum atomic E-state index is -0.887. The van der Waals surface area contributed by atoms with Gasteiger partial charge in [-0.3, -0.25) is 0 Å². The second-order valence-electron chi connectivity index (χ2n) is 10.4. The van der Waals surface area contributed by atoms with Crippen LogP contribution in [-0.2, 0) is 23.8 Å². The highest BCUT2D eigenvalue weighted by atomic mass is 19.1. The number of halogens is 1. The Morgan fingerprint density at radius 2 is 1.70 bits per heavy atom. The van der Waals surface area contributed by atoms with Crippen molar-refractivity contribution in [2.45, 2.75) is 38.7 Å². The fourth-order valence-electron chi connectivity index (χ4n) is 4.78. The Hall–Kier alpha value is -4.93. The number of aliphatic hydroxyl groups excluding tert-OH is 1. The first-order valence-electron chi connectivity index (χ1n) is 14.8. The molecule has 2 aromatic carbocycles. The average molecular weight is 639 g/mol. The lowest BCUT2D eigenvalue weighted by Crippen LogP contribution is -2.37. The van der Waals surface area contributed by atoms with Gasteiger partial charge in [0, 0.05) is 31.0 Å². The third-order valence-corrected chi connectivity index (χ3v) is 6.96. The lowest BCUT2D eigenvalue weighted by Gasteiger charge is -2.30. The highest BCUT2D eigenvalue weighted by Gasteiger charge is 2.37. The summed E-state index contributed by atoms with van der Waals surface area (Å²) in [5.41, 5.74) is 2.11. The highest BCUT2D eigenvalue weighted by Crippen LogP contribution is 2.39. The van der Waals surface area contributed by atoms with Crippen molar-refractivity contribution in [3.8, 4) is 11.8 Å². The van der Waals surface area contributed by atoms with Crippen LogP contribution in [0.15, 0.2) is 71.1 Å². The van der Waals surface area contributed by atoms with Gasteiger partial charge in [-0.1, -0.05) is 24.3 Å². The van der Waals surface area contributed by atoms with Gasteiger partial charge in [0.05, 0.1) is 43.0 Å². The molecule has 0 radical (unpaired) electrons. The van der Waals surface area contributed by atoms with Gasteiger partial charge in [-0.15, -0.1) is 0 Å². The van der Waals surface area contributed by atoms with Crippen LogP contribution in [0.4, 0.5) is 9.18 Å². The van der Waals surface area contributed by atoms with E-state index in [1.54, 1.807) is 44.2 Å². The van der Waals surface area contributed by atoms with Crippen LogP contribution in [0.25, 0.3) is 0 Å². The first kappa shape index (κ1) is 35.5. The van der Waals surface area contributed by atoms with E-state index in [0.29, 0.717) is 47.7 Å². The normalized spacial score (nSPS) is 14.9. The number of alkyl carbamates (subject to hydrolysis) is 1. The zero-order chi connectivity index (χ0) is 33.5. The number of ether oxygens (including phenoxy) is 4. The lowest BCUT2D eigenvalue weighted by molar-refractivity contribution is -0.139. The van der Waals surface area contributed by atoms with Crippen LogP contribution in [0, 0.1) is 17.1 Å². The summed E-state index contributed by atoms with van der Waals surface area (Å²) in [5.74, 6) is -2.31. The second kappa shape index (κ2) is 18.1. The van der Waals surface area contributed by atoms with Gasteiger partial charge in [-0.2, -0.15) is 5.26 Å². The molecule has 0 aliphatic carbocycles. The number of para-hydroxylation sites is 1. The molecule has 0 saturated carbocycles. The van der Waals surface area contributed by atoms with Crippen LogP contribution in [0.3, 0.4) is 0 Å². The number of aliphatic hydroxyl groups is 1. The molecule has 2 atom stereocenters. The van der Waals surface area contributed by atoms with Gasteiger partial charge >= 0.3 is 18.0 Å². The molecule has 46 heavy (non-hydrogen) atoms. The Labute approximate surface area is 267 Å². The van der Waals surface area contributed by atoms with Crippen molar-refractivity contribution in [3.05, 3.63) is 88.0 Å². The first-order chi connectivity index (χ1) is 22.2. The molecular formula is C33H39FN4O8. The van der Waals surface area contributed by atoms with E-state index >= 15 is 0 Å². The van der Waals surface area contributed by atoms with Crippen molar-refractivity contribution in [1.29, 1.82) is 5.26 Å². The van der Waals surface area contributed by atoms with E-state index in [0.717, 1.165) is 0 Å². The number of nitriles is 1. The topological polar surface area (TPSA) is 168 Å². The molecule has 0 fully saturated rings. The molecule has 0 aromatic heterocycles. The summed E-state index contributed by atoms with van der Waals surface area (Å²) in [5, 5.41) is 27.8. The van der Waals surface area contributed by atoms with E-state index in [-0.39, 0.29) is 44.1 Å². The Bertz CT molecular complexity index is 1490. The summed E-state index contributed by atoms with van der Waals surface area (Å²) in [6, 6.07) is 14.5. The smallest absolute Gasteiger partial charge is 0.407 e. The van der Waals surface area contributed by atoms with Gasteiger partial charge in [0.25, 0.3) is 0 Å². The van der Waals surface area contributed by atoms with Crippen molar-refractivity contribution in [2.24, 2.45) is 0 Å². The number of methoxy groups -OCH3 is 1. The average Bonchev–Trinajstić information content (AvgIpc) is 3.04. The molecule has 1 heterocycles. The predicted octanol–water partition coefficient (Wildman–Crippen LogP) is 3.18. The quantitative estimate of drug-likeness (QED) is 0.121. The van der Waals surface area contributed by atoms with E-state index < -0.39 is 35.9 Å². The number of unbranched alkanes of at least 4 members (excludes halogenated alkanes) is 1. The Balaban J connectivity index is 1.34. The predicted molar refractivity (Wildman–Crippen MR) is 165 cm³/mol. The number of carbonyl (C=O) groups is 3. The molecule has 0 saturated heterocycles. The van der Waals surface area contributed by atoms with E-state index in [1.807, 2.05) is 6.07 Å². The van der Waals surface area contributed by atoms with Gasteiger partial charge < -0.3 is 40.0 Å². The van der Waals surface area contributed by atoms with Crippen LogP contribution in [-0.4, -0.2) is 75.8 Å². The van der Waals surface area contributed by atoms with Crippen LogP contribution in [0.5, 0.6) is 5.75 Å². The Kier molecular flexibility index (Phi) is 14.0. The van der Waals surface area contributed by atoms with Gasteiger partial charge in [0.15, 0.2) is 0 Å². The van der Waals surface area contributed by atoms with E-state index in [1.165, 1.54) is 25.3 Å². The molecule has 246 valence electrons. The van der Waals surface area contributed by atoms with Crippen LogP contribution >= 0.6 is 0 Å². The van der Waals surface area contributed by atoms with Crippen molar-refractivity contribution in [1.82, 2.24) is 16.0 Å². The van der Waals surface area contributed by atoms with E-state index in [9.17, 15) is 23.9 Å².